The highest BCUT2D eigenvalue weighted by atomic mass is 32.1. The summed E-state index contributed by atoms with van der Waals surface area (Å²) >= 11 is 3.39. The predicted octanol–water partition coefficient (Wildman–Crippen LogP) is 10.9. The molecule has 0 radical (unpaired) electrons. The number of aromatic amines is 4. The van der Waals surface area contributed by atoms with Crippen LogP contribution in [0.4, 0.5) is 5.82 Å². The summed E-state index contributed by atoms with van der Waals surface area (Å²) in [6, 6.07) is 45.9. The third-order valence-electron chi connectivity index (χ3n) is 19.4. The van der Waals surface area contributed by atoms with Crippen molar-refractivity contribution in [3.8, 4) is 0 Å². The van der Waals surface area contributed by atoms with Crippen LogP contribution in [-0.4, -0.2) is 130 Å². The van der Waals surface area contributed by atoms with Crippen molar-refractivity contribution < 1.29 is 18.3 Å². The van der Waals surface area contributed by atoms with E-state index in [0.29, 0.717) is 94.8 Å². The van der Waals surface area contributed by atoms with Crippen molar-refractivity contribution in [2.24, 2.45) is 0 Å². The first-order chi connectivity index (χ1) is 42.1. The van der Waals surface area contributed by atoms with Crippen molar-refractivity contribution in [3.05, 3.63) is 195 Å². The van der Waals surface area contributed by atoms with E-state index in [4.69, 9.17) is 38.6 Å². The van der Waals surface area contributed by atoms with Crippen LogP contribution in [0.2, 0.25) is 0 Å². The van der Waals surface area contributed by atoms with E-state index in [9.17, 15) is 0 Å². The van der Waals surface area contributed by atoms with E-state index in [1.54, 1.807) is 22.7 Å². The van der Waals surface area contributed by atoms with Gasteiger partial charge in [-0.3, -0.25) is 4.90 Å². The summed E-state index contributed by atoms with van der Waals surface area (Å²) in [5.74, 6) is 0.205. The van der Waals surface area contributed by atoms with E-state index < -0.39 is 39.9 Å². The smallest absolute Gasteiger partial charge is 0.212 e. The van der Waals surface area contributed by atoms with E-state index in [2.05, 4.69) is 194 Å². The fraction of sp³-hybridized carbons (Fsp3) is 0.344. The number of furan rings is 2. The normalized spacial score (nSPS) is 28.4. The predicted molar refractivity (Wildman–Crippen MR) is 325 cm³/mol. The minimum atomic E-state index is -1.69. The van der Waals surface area contributed by atoms with Gasteiger partial charge in [-0.05, 0) is 92.4 Å². The molecular formula is C64H63N15O4S2. The van der Waals surface area contributed by atoms with Crippen molar-refractivity contribution in [2.75, 3.05) is 57.4 Å². The summed E-state index contributed by atoms with van der Waals surface area (Å²) < 4.78 is 32.1. The molecule has 0 amide bonds. The number of thiazole rings is 1. The number of nitrogens with zero attached hydrogens (tertiary/aromatic N) is 10. The number of H-pyrrole nitrogens is 4. The lowest BCUT2D eigenvalue weighted by Gasteiger charge is -2.80. The number of piperazine rings is 1. The molecule has 85 heavy (non-hydrogen) atoms. The van der Waals surface area contributed by atoms with Gasteiger partial charge in [-0.15, -0.1) is 32.9 Å². The number of anilines is 1. The van der Waals surface area contributed by atoms with Crippen molar-refractivity contribution in [1.29, 1.82) is 0 Å². The third-order valence-corrected chi connectivity index (χ3v) is 21.3. The molecule has 17 rings (SSSR count). The first-order valence-electron chi connectivity index (χ1n) is 29.9. The summed E-state index contributed by atoms with van der Waals surface area (Å²) in [4.78, 5) is 20.7. The lowest BCUT2D eigenvalue weighted by molar-refractivity contribution is -0.376. The Kier molecular flexibility index (Phi) is 12.2. The summed E-state index contributed by atoms with van der Waals surface area (Å²) in [7, 11) is 0. The average Bonchev–Trinajstić information content (AvgIpc) is 1.56. The molecule has 0 saturated carbocycles. The monoisotopic (exact) mass is 1170 g/mol. The molecule has 5 fully saturated rings. The number of benzene rings is 4. The second-order valence-corrected chi connectivity index (χ2v) is 25.1. The minimum absolute atomic E-state index is 0.348. The molecule has 5 aliphatic rings. The Hall–Kier alpha value is -7.86. The van der Waals surface area contributed by atoms with Crippen LogP contribution in [0.25, 0.3) is 43.7 Å². The molecule has 0 aliphatic carbocycles. The fourth-order valence-corrected chi connectivity index (χ4v) is 18.6. The zero-order valence-corrected chi connectivity index (χ0v) is 48.3. The summed E-state index contributed by atoms with van der Waals surface area (Å²) in [5.41, 5.74) is -1.14. The highest BCUT2D eigenvalue weighted by Gasteiger charge is 2.90. The number of aromatic nitrogens is 10. The molecular weight excluding hydrogens is 1110 g/mol. The highest BCUT2D eigenvalue weighted by Crippen LogP contribution is 2.77. The molecule has 19 nitrogen and oxygen atoms in total. The van der Waals surface area contributed by atoms with E-state index >= 15 is 0 Å². The number of hydrogen-bond acceptors (Lipinski definition) is 17. The van der Waals surface area contributed by atoms with Crippen molar-refractivity contribution in [2.45, 2.75) is 84.8 Å². The Morgan fingerprint density at radius 2 is 1.53 bits per heavy atom. The van der Waals surface area contributed by atoms with Gasteiger partial charge in [-0.1, -0.05) is 90.5 Å². The van der Waals surface area contributed by atoms with Gasteiger partial charge >= 0.3 is 0 Å². The van der Waals surface area contributed by atoms with Crippen molar-refractivity contribution in [1.82, 2.24) is 71.2 Å². The Labute approximate surface area is 496 Å². The van der Waals surface area contributed by atoms with Gasteiger partial charge in [-0.2, -0.15) is 25.6 Å². The van der Waals surface area contributed by atoms with Gasteiger partial charge in [-0.25, -0.2) is 9.99 Å². The van der Waals surface area contributed by atoms with Crippen LogP contribution in [-0.2, 0) is 31.6 Å². The minimum Gasteiger partial charge on any atom is -0.466 e. The van der Waals surface area contributed by atoms with Gasteiger partial charge in [0.1, 0.15) is 44.4 Å². The molecule has 13 heterocycles. The van der Waals surface area contributed by atoms with Crippen LogP contribution in [0.5, 0.6) is 0 Å². The quantitative estimate of drug-likeness (QED) is 0.0770. The van der Waals surface area contributed by atoms with Crippen LogP contribution in [0.1, 0.15) is 89.4 Å². The number of rotatable bonds is 12. The number of fused-ring (bicyclic) bond motifs is 5. The molecule has 0 spiro atoms. The van der Waals surface area contributed by atoms with Crippen molar-refractivity contribution >= 4 is 72.2 Å². The number of thiophene rings is 1. The molecule has 7 unspecified atom stereocenters. The molecule has 7 atom stereocenters. The van der Waals surface area contributed by atoms with E-state index in [-0.39, 0.29) is 0 Å². The van der Waals surface area contributed by atoms with E-state index in [1.807, 2.05) is 18.7 Å². The van der Waals surface area contributed by atoms with Crippen LogP contribution in [0.15, 0.2) is 166 Å². The molecule has 8 aromatic heterocycles. The molecule has 12 aromatic rings. The van der Waals surface area contributed by atoms with Gasteiger partial charge in [0, 0.05) is 113 Å². The number of para-hydroxylation sites is 4. The average molecular weight is 1170 g/mol. The van der Waals surface area contributed by atoms with Crippen LogP contribution in [0.3, 0.4) is 0 Å². The largest absolute Gasteiger partial charge is 0.466 e. The maximum Gasteiger partial charge on any atom is 0.212 e. The molecule has 5 aliphatic heterocycles. The molecule has 0 bridgehead atoms. The lowest BCUT2D eigenvalue weighted by Crippen LogP contribution is -2.97. The maximum atomic E-state index is 8.39. The Morgan fingerprint density at radius 3 is 2.29 bits per heavy atom. The first-order valence-corrected chi connectivity index (χ1v) is 31.6. The van der Waals surface area contributed by atoms with Crippen LogP contribution >= 0.6 is 22.7 Å². The standard InChI is InChI=1S/C64H63N15O4S2/c1-8-30-77(31-9-1)79-62(53-25-13-35-81-53,59-66-29-38-85-59)60(55-26-14-37-84-55,54-39-43-16-3-7-23-51(43)83-54)61(52-24-12-34-80-52,47-19-10-18-45-44-17-4-6-22-49(44)69-57(45)47)78(56-40-42-15-2-5-21-48(42)68-56)64(79,76-32-27-65-28-33-76)63(58-71-74-75-72-58)46(20-11-36-82-63)50-41-67-73-70-50/h2-7,10,12,14-19,21-24,26,29,34,37-41,46,53,65,68-69H,1,8-9,11,13,20,25,27-28,30-33,35-36H2,(H,67,70,73)(H,71,72,74,75). The van der Waals surface area contributed by atoms with Gasteiger partial charge in [0.2, 0.25) is 11.6 Å². The lowest BCUT2D eigenvalue weighted by atomic mass is 9.47. The zero-order chi connectivity index (χ0) is 56.2. The first kappa shape index (κ1) is 51.6. The Balaban J connectivity index is 1.23. The highest BCUT2D eigenvalue weighted by molar-refractivity contribution is 7.10. The summed E-state index contributed by atoms with van der Waals surface area (Å²) in [5, 5.41) is 49.8. The third kappa shape index (κ3) is 6.91. The second kappa shape index (κ2) is 20.1. The number of hydrogen-bond donors (Lipinski definition) is 5. The number of nitrogens with one attached hydrogen (secondary N) is 5. The SMILES string of the molecule is c1coc(C2(c3cccc4c3[nH]c3ccccc34)N(c3cc4ccccc4[nH]3)C(N3CCNCC3)(C3(c4nn[nH]n4)OCCCC3c3cn[nH]n3)N(N3CCCCC3)C(c3nccs3)(C3CCCO3)C2(c2cc3ccccc3o2)c2cccs2)c1. The Morgan fingerprint density at radius 1 is 0.682 bits per heavy atom. The number of piperidine rings is 1. The van der Waals surface area contributed by atoms with Crippen LogP contribution in [0, 0.1) is 0 Å². The molecule has 430 valence electrons. The molecule has 4 aromatic carbocycles. The number of ether oxygens (including phenoxy) is 2. The number of hydrazine groups is 1. The maximum absolute atomic E-state index is 8.39. The second-order valence-electron chi connectivity index (χ2n) is 23.3. The fourth-order valence-electron chi connectivity index (χ4n) is 16.6. The molecule has 5 saturated heterocycles. The molecule has 21 heteroatoms. The molecule has 5 N–H and O–H groups in total. The van der Waals surface area contributed by atoms with Gasteiger partial charge in [0.15, 0.2) is 5.60 Å². The van der Waals surface area contributed by atoms with Gasteiger partial charge in [0.05, 0.1) is 29.8 Å². The van der Waals surface area contributed by atoms with E-state index in [1.165, 1.54) is 0 Å². The zero-order valence-electron chi connectivity index (χ0n) is 46.7. The Bertz CT molecular complexity index is 4220. The topological polar surface area (TPSA) is 210 Å². The summed E-state index contributed by atoms with van der Waals surface area (Å²) in [6.45, 7) is 4.57. The van der Waals surface area contributed by atoms with Crippen LogP contribution < -0.4 is 10.2 Å². The van der Waals surface area contributed by atoms with Gasteiger partial charge in [0.25, 0.3) is 0 Å². The van der Waals surface area contributed by atoms with E-state index in [0.717, 1.165) is 90.6 Å². The van der Waals surface area contributed by atoms with Crippen molar-refractivity contribution in [3.63, 3.8) is 0 Å². The number of tetrazole rings is 1. The van der Waals surface area contributed by atoms with Gasteiger partial charge < -0.3 is 38.5 Å². The summed E-state index contributed by atoms with van der Waals surface area (Å²) in [6.07, 6.45) is 10.7.